The van der Waals surface area contributed by atoms with Gasteiger partial charge in [-0.1, -0.05) is 11.6 Å². The number of benzene rings is 1. The van der Waals surface area contributed by atoms with E-state index in [0.717, 1.165) is 11.3 Å². The van der Waals surface area contributed by atoms with Crippen molar-refractivity contribution in [1.29, 1.82) is 0 Å². The number of nitrogens with zero attached hydrogens (tertiary/aromatic N) is 2. The average molecular weight is 276 g/mol. The minimum absolute atomic E-state index is 0.220. The first-order valence-electron chi connectivity index (χ1n) is 5.85. The number of amides is 1. The molecule has 1 aromatic carbocycles. The summed E-state index contributed by atoms with van der Waals surface area (Å²) >= 11 is 5.88. The molecule has 5 heteroatoms. The van der Waals surface area contributed by atoms with Crippen LogP contribution in [0, 0.1) is 20.8 Å². The Labute approximate surface area is 116 Å². The third-order valence-electron chi connectivity index (χ3n) is 2.78. The van der Waals surface area contributed by atoms with Crippen molar-refractivity contribution in [3.05, 3.63) is 52.1 Å². The van der Waals surface area contributed by atoms with Crippen LogP contribution in [0.15, 0.2) is 24.4 Å². The number of hydrogen-bond donors (Lipinski definition) is 1. The second-order valence-electron chi connectivity index (χ2n) is 4.33. The maximum atomic E-state index is 12.2. The van der Waals surface area contributed by atoms with Crippen LogP contribution in [-0.4, -0.2) is 15.9 Å². The van der Waals surface area contributed by atoms with Gasteiger partial charge in [0, 0.05) is 16.9 Å². The van der Waals surface area contributed by atoms with Gasteiger partial charge in [-0.25, -0.2) is 9.97 Å². The van der Waals surface area contributed by atoms with Gasteiger partial charge in [0.2, 0.25) is 0 Å². The minimum Gasteiger partial charge on any atom is -0.322 e. The molecule has 0 fully saturated rings. The molecule has 1 N–H and O–H groups in total. The SMILES string of the molecule is Cc1ncc(C(=O)Nc2ccc(Cl)cc2C)c(C)n1. The molecule has 1 aromatic heterocycles. The molecule has 0 aliphatic rings. The van der Waals surface area contributed by atoms with Crippen LogP contribution in [0.1, 0.15) is 27.4 Å². The first-order chi connectivity index (χ1) is 8.97. The minimum atomic E-state index is -0.220. The van der Waals surface area contributed by atoms with Crippen LogP contribution in [0.2, 0.25) is 5.02 Å². The number of aryl methyl sites for hydroxylation is 3. The van der Waals surface area contributed by atoms with Gasteiger partial charge in [-0.3, -0.25) is 4.79 Å². The van der Waals surface area contributed by atoms with Crippen LogP contribution in [0.5, 0.6) is 0 Å². The van der Waals surface area contributed by atoms with Gasteiger partial charge in [0.05, 0.1) is 11.3 Å². The number of rotatable bonds is 2. The van der Waals surface area contributed by atoms with E-state index >= 15 is 0 Å². The summed E-state index contributed by atoms with van der Waals surface area (Å²) < 4.78 is 0. The highest BCUT2D eigenvalue weighted by molar-refractivity contribution is 6.30. The number of carbonyl (C=O) groups excluding carboxylic acids is 1. The lowest BCUT2D eigenvalue weighted by atomic mass is 10.1. The van der Waals surface area contributed by atoms with E-state index in [1.165, 1.54) is 6.20 Å². The number of anilines is 1. The molecule has 0 aliphatic carbocycles. The third kappa shape index (κ3) is 3.09. The van der Waals surface area contributed by atoms with Crippen molar-refractivity contribution in [1.82, 2.24) is 9.97 Å². The van der Waals surface area contributed by atoms with E-state index in [1.807, 2.05) is 6.92 Å². The Kier molecular flexibility index (Phi) is 3.81. The van der Waals surface area contributed by atoms with E-state index in [9.17, 15) is 4.79 Å². The van der Waals surface area contributed by atoms with Gasteiger partial charge in [0.25, 0.3) is 5.91 Å². The van der Waals surface area contributed by atoms with E-state index in [4.69, 9.17) is 11.6 Å². The molecular formula is C14H14ClN3O. The van der Waals surface area contributed by atoms with Crippen molar-refractivity contribution < 1.29 is 4.79 Å². The lowest BCUT2D eigenvalue weighted by molar-refractivity contribution is 0.102. The fourth-order valence-electron chi connectivity index (χ4n) is 1.76. The standard InChI is InChI=1S/C14H14ClN3O/c1-8-6-11(15)4-5-13(8)18-14(19)12-7-16-10(3)17-9(12)2/h4-7H,1-3H3,(H,18,19). The Hall–Kier alpha value is -1.94. The van der Waals surface area contributed by atoms with Crippen LogP contribution in [0.25, 0.3) is 0 Å². The number of hydrogen-bond acceptors (Lipinski definition) is 3. The number of carbonyl (C=O) groups is 1. The lowest BCUT2D eigenvalue weighted by Gasteiger charge is -2.10. The van der Waals surface area contributed by atoms with Crippen LogP contribution < -0.4 is 5.32 Å². The summed E-state index contributed by atoms with van der Waals surface area (Å²) in [6.07, 6.45) is 1.54. The molecule has 0 saturated carbocycles. The van der Waals surface area contributed by atoms with E-state index in [0.29, 0.717) is 22.1 Å². The van der Waals surface area contributed by atoms with Crippen molar-refractivity contribution >= 4 is 23.2 Å². The molecule has 2 aromatic rings. The van der Waals surface area contributed by atoms with Gasteiger partial charge in [-0.05, 0) is 44.5 Å². The molecule has 0 saturated heterocycles. The Morgan fingerprint density at radius 1 is 1.26 bits per heavy atom. The fourth-order valence-corrected chi connectivity index (χ4v) is 1.99. The van der Waals surface area contributed by atoms with Crippen molar-refractivity contribution in [2.24, 2.45) is 0 Å². The molecule has 0 aliphatic heterocycles. The molecule has 0 atom stereocenters. The largest absolute Gasteiger partial charge is 0.322 e. The van der Waals surface area contributed by atoms with Crippen LogP contribution in [0.4, 0.5) is 5.69 Å². The molecule has 0 radical (unpaired) electrons. The highest BCUT2D eigenvalue weighted by atomic mass is 35.5. The van der Waals surface area contributed by atoms with E-state index < -0.39 is 0 Å². The second-order valence-corrected chi connectivity index (χ2v) is 4.77. The summed E-state index contributed by atoms with van der Waals surface area (Å²) in [5, 5.41) is 3.48. The zero-order chi connectivity index (χ0) is 14.0. The van der Waals surface area contributed by atoms with Gasteiger partial charge < -0.3 is 5.32 Å². The first-order valence-corrected chi connectivity index (χ1v) is 6.23. The summed E-state index contributed by atoms with van der Waals surface area (Å²) in [6.45, 7) is 5.47. The summed E-state index contributed by atoms with van der Waals surface area (Å²) in [5.41, 5.74) is 2.78. The summed E-state index contributed by atoms with van der Waals surface area (Å²) in [7, 11) is 0. The molecule has 1 heterocycles. The highest BCUT2D eigenvalue weighted by Crippen LogP contribution is 2.20. The Morgan fingerprint density at radius 2 is 2.00 bits per heavy atom. The van der Waals surface area contributed by atoms with Gasteiger partial charge in [0.1, 0.15) is 5.82 Å². The molecule has 1 amide bonds. The van der Waals surface area contributed by atoms with Gasteiger partial charge in [-0.2, -0.15) is 0 Å². The summed E-state index contributed by atoms with van der Waals surface area (Å²) in [4.78, 5) is 20.4. The maximum Gasteiger partial charge on any atom is 0.259 e. The molecule has 4 nitrogen and oxygen atoms in total. The lowest BCUT2D eigenvalue weighted by Crippen LogP contribution is -2.15. The quantitative estimate of drug-likeness (QED) is 0.915. The monoisotopic (exact) mass is 275 g/mol. The Balaban J connectivity index is 2.25. The van der Waals surface area contributed by atoms with Crippen LogP contribution >= 0.6 is 11.6 Å². The number of aromatic nitrogens is 2. The fraction of sp³-hybridized carbons (Fsp3) is 0.214. The predicted molar refractivity (Wildman–Crippen MR) is 75.6 cm³/mol. The molecule has 0 spiro atoms. The topological polar surface area (TPSA) is 54.9 Å². The zero-order valence-electron chi connectivity index (χ0n) is 11.0. The van der Waals surface area contributed by atoms with Crippen molar-refractivity contribution in [3.63, 3.8) is 0 Å². The van der Waals surface area contributed by atoms with Crippen molar-refractivity contribution in [3.8, 4) is 0 Å². The van der Waals surface area contributed by atoms with Crippen LogP contribution in [-0.2, 0) is 0 Å². The zero-order valence-corrected chi connectivity index (χ0v) is 11.7. The third-order valence-corrected chi connectivity index (χ3v) is 3.02. The molecule has 0 bridgehead atoms. The molecular weight excluding hydrogens is 262 g/mol. The van der Waals surface area contributed by atoms with Gasteiger partial charge >= 0.3 is 0 Å². The highest BCUT2D eigenvalue weighted by Gasteiger charge is 2.12. The maximum absolute atomic E-state index is 12.2. The predicted octanol–water partition coefficient (Wildman–Crippen LogP) is 3.31. The van der Waals surface area contributed by atoms with E-state index in [2.05, 4.69) is 15.3 Å². The number of nitrogens with one attached hydrogen (secondary N) is 1. The molecule has 2 rings (SSSR count). The van der Waals surface area contributed by atoms with Crippen molar-refractivity contribution in [2.75, 3.05) is 5.32 Å². The second kappa shape index (κ2) is 5.36. The number of halogens is 1. The van der Waals surface area contributed by atoms with E-state index in [-0.39, 0.29) is 5.91 Å². The summed E-state index contributed by atoms with van der Waals surface area (Å²) in [5.74, 6) is 0.430. The molecule has 0 unspecified atom stereocenters. The summed E-state index contributed by atoms with van der Waals surface area (Å²) in [6, 6.07) is 5.32. The van der Waals surface area contributed by atoms with Crippen LogP contribution in [0.3, 0.4) is 0 Å². The molecule has 98 valence electrons. The van der Waals surface area contributed by atoms with Gasteiger partial charge in [0.15, 0.2) is 0 Å². The smallest absolute Gasteiger partial charge is 0.259 e. The normalized spacial score (nSPS) is 10.3. The first kappa shape index (κ1) is 13.5. The Morgan fingerprint density at radius 3 is 2.63 bits per heavy atom. The van der Waals surface area contributed by atoms with Crippen molar-refractivity contribution in [2.45, 2.75) is 20.8 Å². The molecule has 19 heavy (non-hydrogen) atoms. The van der Waals surface area contributed by atoms with E-state index in [1.54, 1.807) is 32.0 Å². The average Bonchev–Trinajstić information content (AvgIpc) is 2.32. The Bertz CT molecular complexity index is 641. The van der Waals surface area contributed by atoms with Gasteiger partial charge in [-0.15, -0.1) is 0 Å².